The number of hydrogen-bond acceptors (Lipinski definition) is 2. The molecular weight excluding hydrogens is 276 g/mol. The van der Waals surface area contributed by atoms with Crippen LogP contribution < -0.4 is 0 Å². The Kier molecular flexibility index (Phi) is 2.69. The van der Waals surface area contributed by atoms with E-state index in [2.05, 4.69) is 29.2 Å². The summed E-state index contributed by atoms with van der Waals surface area (Å²) in [5, 5.41) is 14.3. The van der Waals surface area contributed by atoms with Gasteiger partial charge in [0.1, 0.15) is 5.52 Å². The lowest BCUT2D eigenvalue weighted by atomic mass is 10.0. The van der Waals surface area contributed by atoms with Crippen LogP contribution in [0.2, 0.25) is 0 Å². The highest BCUT2D eigenvalue weighted by atomic mass is 16.6. The van der Waals surface area contributed by atoms with Crippen molar-refractivity contribution in [1.82, 2.24) is 4.98 Å². The molecule has 0 aliphatic heterocycles. The number of aromatic nitrogens is 1. The second kappa shape index (κ2) is 4.70. The molecule has 0 aliphatic carbocycles. The topological polar surface area (TPSA) is 58.9 Å². The number of aromatic amines is 1. The Morgan fingerprint density at radius 1 is 0.909 bits per heavy atom. The number of fused-ring (bicyclic) bond motifs is 2. The highest BCUT2D eigenvalue weighted by molar-refractivity contribution is 6.01. The van der Waals surface area contributed by atoms with E-state index >= 15 is 0 Å². The molecule has 4 aromatic rings. The normalized spacial score (nSPS) is 11.1. The molecule has 0 aliphatic rings. The van der Waals surface area contributed by atoms with Crippen molar-refractivity contribution in [1.29, 1.82) is 0 Å². The smallest absolute Gasteiger partial charge is 0.293 e. The van der Waals surface area contributed by atoms with Gasteiger partial charge in [0, 0.05) is 23.2 Å². The van der Waals surface area contributed by atoms with Crippen LogP contribution in [-0.2, 0) is 0 Å². The van der Waals surface area contributed by atoms with Gasteiger partial charge in [-0.2, -0.15) is 0 Å². The molecule has 4 heteroatoms. The lowest BCUT2D eigenvalue weighted by molar-refractivity contribution is -0.383. The molecule has 3 aromatic carbocycles. The highest BCUT2D eigenvalue weighted by Crippen LogP contribution is 2.34. The molecule has 106 valence electrons. The van der Waals surface area contributed by atoms with Gasteiger partial charge in [-0.1, -0.05) is 48.5 Å². The number of H-pyrrole nitrogens is 1. The number of hydrogen-bond donors (Lipinski definition) is 1. The van der Waals surface area contributed by atoms with E-state index in [0.29, 0.717) is 5.52 Å². The average molecular weight is 288 g/mol. The van der Waals surface area contributed by atoms with Crippen molar-refractivity contribution in [3.05, 3.63) is 77.0 Å². The first-order valence-corrected chi connectivity index (χ1v) is 6.98. The standard InChI is InChI=1S/C18H12N2O2/c21-20(22)17-7-3-6-15-16(11-19-18(15)17)14-9-8-12-4-1-2-5-13(12)10-14/h1-11,19H. The van der Waals surface area contributed by atoms with Gasteiger partial charge >= 0.3 is 0 Å². The van der Waals surface area contributed by atoms with Gasteiger partial charge in [0.25, 0.3) is 5.69 Å². The molecule has 0 fully saturated rings. The van der Waals surface area contributed by atoms with Crippen molar-refractivity contribution < 1.29 is 4.92 Å². The first-order chi connectivity index (χ1) is 10.7. The summed E-state index contributed by atoms with van der Waals surface area (Å²) in [6.07, 6.45) is 1.84. The number of para-hydroxylation sites is 1. The molecule has 22 heavy (non-hydrogen) atoms. The van der Waals surface area contributed by atoms with Gasteiger partial charge in [-0.25, -0.2) is 0 Å². The van der Waals surface area contributed by atoms with Gasteiger partial charge in [0.05, 0.1) is 4.92 Å². The van der Waals surface area contributed by atoms with Crippen LogP contribution in [0.15, 0.2) is 66.9 Å². The third kappa shape index (κ3) is 1.85. The molecule has 0 atom stereocenters. The molecule has 0 spiro atoms. The fourth-order valence-electron chi connectivity index (χ4n) is 2.89. The van der Waals surface area contributed by atoms with Gasteiger partial charge in [-0.05, 0) is 22.4 Å². The Bertz CT molecular complexity index is 1020. The van der Waals surface area contributed by atoms with E-state index in [1.54, 1.807) is 6.07 Å². The van der Waals surface area contributed by atoms with Crippen molar-refractivity contribution in [3.8, 4) is 11.1 Å². The van der Waals surface area contributed by atoms with Gasteiger partial charge in [-0.15, -0.1) is 0 Å². The summed E-state index contributed by atoms with van der Waals surface area (Å²) in [4.78, 5) is 13.8. The predicted octanol–water partition coefficient (Wildman–Crippen LogP) is 4.90. The summed E-state index contributed by atoms with van der Waals surface area (Å²) in [7, 11) is 0. The van der Waals surface area contributed by atoms with Crippen LogP contribution in [0.3, 0.4) is 0 Å². The first-order valence-electron chi connectivity index (χ1n) is 6.98. The monoisotopic (exact) mass is 288 g/mol. The molecule has 0 amide bonds. The van der Waals surface area contributed by atoms with Gasteiger partial charge in [0.15, 0.2) is 0 Å². The third-order valence-corrected chi connectivity index (χ3v) is 3.95. The summed E-state index contributed by atoms with van der Waals surface area (Å²) in [5.41, 5.74) is 2.69. The number of rotatable bonds is 2. The number of nitro benzene ring substituents is 1. The van der Waals surface area contributed by atoms with E-state index in [1.807, 2.05) is 30.5 Å². The molecular formula is C18H12N2O2. The Labute approximate surface area is 126 Å². The second-order valence-electron chi connectivity index (χ2n) is 5.22. The van der Waals surface area contributed by atoms with Crippen molar-refractivity contribution in [2.24, 2.45) is 0 Å². The Morgan fingerprint density at radius 2 is 1.73 bits per heavy atom. The van der Waals surface area contributed by atoms with Crippen molar-refractivity contribution in [2.45, 2.75) is 0 Å². The van der Waals surface area contributed by atoms with Crippen LogP contribution in [0, 0.1) is 10.1 Å². The van der Waals surface area contributed by atoms with E-state index in [1.165, 1.54) is 11.5 Å². The van der Waals surface area contributed by atoms with Crippen LogP contribution in [0.4, 0.5) is 5.69 Å². The van der Waals surface area contributed by atoms with E-state index in [4.69, 9.17) is 0 Å². The maximum Gasteiger partial charge on any atom is 0.293 e. The highest BCUT2D eigenvalue weighted by Gasteiger charge is 2.15. The van der Waals surface area contributed by atoms with Gasteiger partial charge in [0.2, 0.25) is 0 Å². The summed E-state index contributed by atoms with van der Waals surface area (Å²) in [5.74, 6) is 0. The van der Waals surface area contributed by atoms with Gasteiger partial charge in [-0.3, -0.25) is 10.1 Å². The van der Waals surface area contributed by atoms with Crippen LogP contribution in [0.25, 0.3) is 32.8 Å². The summed E-state index contributed by atoms with van der Waals surface area (Å²) in [6, 6.07) is 19.5. The SMILES string of the molecule is O=[N+]([O-])c1cccc2c(-c3ccc4ccccc4c3)c[nH]c12. The Balaban J connectivity index is 1.96. The maximum atomic E-state index is 11.1. The fourth-order valence-corrected chi connectivity index (χ4v) is 2.89. The zero-order valence-corrected chi connectivity index (χ0v) is 11.6. The van der Waals surface area contributed by atoms with Crippen molar-refractivity contribution in [3.63, 3.8) is 0 Å². The van der Waals surface area contributed by atoms with Crippen molar-refractivity contribution >= 4 is 27.4 Å². The third-order valence-electron chi connectivity index (χ3n) is 3.95. The second-order valence-corrected chi connectivity index (χ2v) is 5.22. The number of nitrogens with one attached hydrogen (secondary N) is 1. The number of nitro groups is 1. The summed E-state index contributed by atoms with van der Waals surface area (Å²) in [6.45, 7) is 0. The van der Waals surface area contributed by atoms with Crippen LogP contribution >= 0.6 is 0 Å². The molecule has 1 heterocycles. The lowest BCUT2D eigenvalue weighted by Gasteiger charge is -2.03. The molecule has 0 unspecified atom stereocenters. The number of non-ortho nitro benzene ring substituents is 1. The molecule has 4 nitrogen and oxygen atoms in total. The summed E-state index contributed by atoms with van der Waals surface area (Å²) >= 11 is 0. The van der Waals surface area contributed by atoms with Crippen LogP contribution in [0.5, 0.6) is 0 Å². The Hall–Kier alpha value is -3.14. The molecule has 4 rings (SSSR count). The quantitative estimate of drug-likeness (QED) is 0.421. The van der Waals surface area contributed by atoms with Crippen molar-refractivity contribution in [2.75, 3.05) is 0 Å². The number of nitrogens with zero attached hydrogens (tertiary/aromatic N) is 1. The fraction of sp³-hybridized carbons (Fsp3) is 0. The predicted molar refractivity (Wildman–Crippen MR) is 87.9 cm³/mol. The maximum absolute atomic E-state index is 11.1. The zero-order chi connectivity index (χ0) is 15.1. The molecule has 0 bridgehead atoms. The minimum Gasteiger partial charge on any atom is -0.355 e. The average Bonchev–Trinajstić information content (AvgIpc) is 2.98. The van der Waals surface area contributed by atoms with Gasteiger partial charge < -0.3 is 4.98 Å². The van der Waals surface area contributed by atoms with E-state index in [9.17, 15) is 10.1 Å². The van der Waals surface area contributed by atoms with E-state index in [0.717, 1.165) is 21.9 Å². The zero-order valence-electron chi connectivity index (χ0n) is 11.6. The molecule has 0 saturated carbocycles. The molecule has 1 aromatic heterocycles. The number of benzene rings is 3. The van der Waals surface area contributed by atoms with Crippen LogP contribution in [0.1, 0.15) is 0 Å². The molecule has 0 saturated heterocycles. The lowest BCUT2D eigenvalue weighted by Crippen LogP contribution is -1.88. The first kappa shape index (κ1) is 12.6. The largest absolute Gasteiger partial charge is 0.355 e. The summed E-state index contributed by atoms with van der Waals surface area (Å²) < 4.78 is 0. The molecule has 0 radical (unpaired) electrons. The van der Waals surface area contributed by atoms with Crippen LogP contribution in [-0.4, -0.2) is 9.91 Å². The molecule has 1 N–H and O–H groups in total. The van der Waals surface area contributed by atoms with E-state index < -0.39 is 0 Å². The minimum atomic E-state index is -0.358. The Morgan fingerprint density at radius 3 is 2.55 bits per heavy atom. The minimum absolute atomic E-state index is 0.101. The van der Waals surface area contributed by atoms with E-state index in [-0.39, 0.29) is 10.6 Å².